The lowest BCUT2D eigenvalue weighted by atomic mass is 10.2. The number of nitro groups is 1. The van der Waals surface area contributed by atoms with Gasteiger partial charge in [-0.15, -0.1) is 0 Å². The van der Waals surface area contributed by atoms with Gasteiger partial charge < -0.3 is 5.32 Å². The number of carbonyl (C=O) groups excluding carboxylic acids is 1. The van der Waals surface area contributed by atoms with Crippen LogP contribution in [0, 0.1) is 15.9 Å². The van der Waals surface area contributed by atoms with Crippen LogP contribution in [-0.2, 0) is 11.3 Å². The lowest BCUT2D eigenvalue weighted by molar-refractivity contribution is -0.384. The van der Waals surface area contributed by atoms with Crippen molar-refractivity contribution < 1.29 is 14.1 Å². The zero-order valence-corrected chi connectivity index (χ0v) is 16.3. The van der Waals surface area contributed by atoms with Gasteiger partial charge >= 0.3 is 0 Å². The van der Waals surface area contributed by atoms with Crippen LogP contribution in [0.15, 0.2) is 59.8 Å². The Morgan fingerprint density at radius 3 is 2.81 bits per heavy atom. The number of halogens is 2. The lowest BCUT2D eigenvalue weighted by Gasteiger charge is -2.09. The number of anilines is 1. The third kappa shape index (κ3) is 3.85. The maximum Gasteiger partial charge on any atom is 0.294 e. The number of nitrogens with zero attached hydrogens (tertiary/aromatic N) is 5. The monoisotopic (exact) mass is 442 g/mol. The average molecular weight is 443 g/mol. The van der Waals surface area contributed by atoms with Crippen molar-refractivity contribution in [3.8, 4) is 5.69 Å². The zero-order chi connectivity index (χ0) is 22.1. The first-order valence-corrected chi connectivity index (χ1v) is 9.15. The molecule has 0 spiro atoms. The Morgan fingerprint density at radius 2 is 2.03 bits per heavy atom. The van der Waals surface area contributed by atoms with Crippen molar-refractivity contribution in [2.45, 2.75) is 6.54 Å². The summed E-state index contributed by atoms with van der Waals surface area (Å²) in [7, 11) is 0. The fourth-order valence-electron chi connectivity index (χ4n) is 2.97. The van der Waals surface area contributed by atoms with E-state index < -0.39 is 28.8 Å². The number of benzene rings is 2. The number of nitro benzene ring substituents is 1. The fourth-order valence-corrected chi connectivity index (χ4v) is 3.15. The van der Waals surface area contributed by atoms with Crippen LogP contribution in [-0.4, -0.2) is 30.2 Å². The molecule has 2 aromatic heterocycles. The minimum Gasteiger partial charge on any atom is -0.322 e. The minimum absolute atomic E-state index is 0.0578. The van der Waals surface area contributed by atoms with E-state index in [9.17, 15) is 24.1 Å². The summed E-state index contributed by atoms with van der Waals surface area (Å²) in [5.41, 5.74) is -0.681. The van der Waals surface area contributed by atoms with Crippen molar-refractivity contribution in [1.82, 2.24) is 19.3 Å². The van der Waals surface area contributed by atoms with E-state index in [0.29, 0.717) is 0 Å². The van der Waals surface area contributed by atoms with Crippen molar-refractivity contribution in [2.24, 2.45) is 0 Å². The molecule has 31 heavy (non-hydrogen) atoms. The molecule has 0 bridgehead atoms. The van der Waals surface area contributed by atoms with Crippen molar-refractivity contribution >= 4 is 39.9 Å². The number of nitrogens with one attached hydrogen (secondary N) is 1. The molecule has 156 valence electrons. The Bertz CT molecular complexity index is 1400. The van der Waals surface area contributed by atoms with Crippen LogP contribution in [0.1, 0.15) is 0 Å². The van der Waals surface area contributed by atoms with Gasteiger partial charge in [0, 0.05) is 11.1 Å². The van der Waals surface area contributed by atoms with Crippen molar-refractivity contribution in [1.29, 1.82) is 0 Å². The Labute approximate surface area is 177 Å². The highest BCUT2D eigenvalue weighted by atomic mass is 35.5. The van der Waals surface area contributed by atoms with E-state index in [-0.39, 0.29) is 33.1 Å². The summed E-state index contributed by atoms with van der Waals surface area (Å²) >= 11 is 5.80. The first-order chi connectivity index (χ1) is 14.8. The molecule has 12 heteroatoms. The summed E-state index contributed by atoms with van der Waals surface area (Å²) in [6.07, 6.45) is 2.33. The summed E-state index contributed by atoms with van der Waals surface area (Å²) < 4.78 is 16.0. The molecule has 4 rings (SSSR count). The van der Waals surface area contributed by atoms with E-state index in [4.69, 9.17) is 11.6 Å². The third-order valence-corrected chi connectivity index (χ3v) is 4.61. The van der Waals surface area contributed by atoms with Gasteiger partial charge in [-0.05, 0) is 24.3 Å². The number of carbonyl (C=O) groups is 1. The van der Waals surface area contributed by atoms with E-state index >= 15 is 0 Å². The van der Waals surface area contributed by atoms with E-state index in [1.807, 2.05) is 0 Å². The second kappa shape index (κ2) is 7.95. The van der Waals surface area contributed by atoms with Crippen molar-refractivity contribution in [2.75, 3.05) is 5.32 Å². The molecule has 0 fully saturated rings. The number of hydrogen-bond donors (Lipinski definition) is 1. The maximum absolute atomic E-state index is 13.8. The highest BCUT2D eigenvalue weighted by molar-refractivity contribution is 6.30. The second-order valence-corrected chi connectivity index (χ2v) is 6.83. The van der Waals surface area contributed by atoms with Gasteiger partial charge in [0.15, 0.2) is 5.65 Å². The Hall–Kier alpha value is -4.12. The first kappa shape index (κ1) is 20.2. The molecular weight excluding hydrogens is 431 g/mol. The Kier molecular flexibility index (Phi) is 5.17. The van der Waals surface area contributed by atoms with Gasteiger partial charge in [0.1, 0.15) is 29.8 Å². The molecule has 1 N–H and O–H groups in total. The van der Waals surface area contributed by atoms with E-state index in [1.165, 1.54) is 41.2 Å². The highest BCUT2D eigenvalue weighted by Gasteiger charge is 2.19. The van der Waals surface area contributed by atoms with Gasteiger partial charge in [-0.2, -0.15) is 5.10 Å². The molecule has 0 aliphatic heterocycles. The number of amides is 1. The molecule has 0 aliphatic carbocycles. The van der Waals surface area contributed by atoms with Crippen molar-refractivity contribution in [3.63, 3.8) is 0 Å². The smallest absolute Gasteiger partial charge is 0.294 e. The van der Waals surface area contributed by atoms with Crippen LogP contribution in [0.25, 0.3) is 16.7 Å². The van der Waals surface area contributed by atoms with Gasteiger partial charge in [-0.1, -0.05) is 23.7 Å². The van der Waals surface area contributed by atoms with Crippen LogP contribution in [0.2, 0.25) is 5.02 Å². The van der Waals surface area contributed by atoms with Crippen LogP contribution in [0.4, 0.5) is 15.8 Å². The Morgan fingerprint density at radius 1 is 1.26 bits per heavy atom. The van der Waals surface area contributed by atoms with E-state index in [1.54, 1.807) is 6.07 Å². The number of fused-ring (bicyclic) bond motifs is 1. The summed E-state index contributed by atoms with van der Waals surface area (Å²) in [5, 5.41) is 18.0. The van der Waals surface area contributed by atoms with Crippen LogP contribution >= 0.6 is 11.6 Å². The predicted octanol–water partition coefficient (Wildman–Crippen LogP) is 2.92. The zero-order valence-electron chi connectivity index (χ0n) is 15.5. The number of rotatable bonds is 5. The normalized spacial score (nSPS) is 10.9. The number of para-hydroxylation sites is 2. The largest absolute Gasteiger partial charge is 0.322 e. The SMILES string of the molecule is O=C(Cn1cnc2c(cnn2-c2ccccc2[N+](=O)[O-])c1=O)Nc1cc(Cl)ccc1F. The molecule has 0 radical (unpaired) electrons. The molecule has 1 amide bonds. The highest BCUT2D eigenvalue weighted by Crippen LogP contribution is 2.24. The van der Waals surface area contributed by atoms with E-state index in [0.717, 1.165) is 17.0 Å². The number of hydrogen-bond acceptors (Lipinski definition) is 6. The van der Waals surface area contributed by atoms with Crippen molar-refractivity contribution in [3.05, 3.63) is 86.3 Å². The molecule has 0 saturated heterocycles. The summed E-state index contributed by atoms with van der Waals surface area (Å²) in [6, 6.07) is 9.58. The summed E-state index contributed by atoms with van der Waals surface area (Å²) in [6.45, 7) is -0.440. The van der Waals surface area contributed by atoms with Gasteiger partial charge in [-0.25, -0.2) is 14.1 Å². The third-order valence-electron chi connectivity index (χ3n) is 4.38. The first-order valence-electron chi connectivity index (χ1n) is 8.77. The van der Waals surface area contributed by atoms with Crippen LogP contribution in [0.3, 0.4) is 0 Å². The molecular formula is C19H12ClFN6O4. The second-order valence-electron chi connectivity index (χ2n) is 6.39. The molecule has 0 atom stereocenters. The average Bonchev–Trinajstić information content (AvgIpc) is 3.17. The molecule has 0 saturated carbocycles. The van der Waals surface area contributed by atoms with Gasteiger partial charge in [0.05, 0.1) is 16.8 Å². The van der Waals surface area contributed by atoms with Gasteiger partial charge in [0.25, 0.3) is 11.2 Å². The quantitative estimate of drug-likeness (QED) is 0.374. The summed E-state index contributed by atoms with van der Waals surface area (Å²) in [4.78, 5) is 39.9. The van der Waals surface area contributed by atoms with E-state index in [2.05, 4.69) is 15.4 Å². The molecule has 10 nitrogen and oxygen atoms in total. The molecule has 2 aromatic carbocycles. The molecule has 0 unspecified atom stereocenters. The van der Waals surface area contributed by atoms with Crippen LogP contribution < -0.4 is 10.9 Å². The van der Waals surface area contributed by atoms with Gasteiger partial charge in [0.2, 0.25) is 5.91 Å². The van der Waals surface area contributed by atoms with Crippen LogP contribution in [0.5, 0.6) is 0 Å². The minimum atomic E-state index is -0.676. The topological polar surface area (TPSA) is 125 Å². The standard InChI is InChI=1S/C19H12ClFN6O4/c20-11-5-6-13(21)14(7-11)24-17(28)9-25-10-22-18-12(19(25)29)8-23-26(18)15-3-1-2-4-16(15)27(30)31/h1-8,10H,9H2,(H,24,28). The van der Waals surface area contributed by atoms with Gasteiger partial charge in [-0.3, -0.25) is 24.3 Å². The lowest BCUT2D eigenvalue weighted by Crippen LogP contribution is -2.28. The predicted molar refractivity (Wildman–Crippen MR) is 110 cm³/mol. The summed E-state index contributed by atoms with van der Waals surface area (Å²) in [5.74, 6) is -1.35. The molecule has 0 aliphatic rings. The Balaban J connectivity index is 1.66. The molecule has 2 heterocycles. The fraction of sp³-hybridized carbons (Fsp3) is 0.0526. The number of aromatic nitrogens is 4. The maximum atomic E-state index is 13.8. The molecule has 4 aromatic rings.